The molecule has 0 amide bonds. The summed E-state index contributed by atoms with van der Waals surface area (Å²) in [5, 5.41) is 7.60. The number of aliphatic carboxylic acids is 1. The average Bonchev–Trinajstić information content (AvgIpc) is 2.55. The largest absolute Gasteiger partial charge is 0.478 e. The van der Waals surface area contributed by atoms with Crippen LogP contribution >= 0.6 is 0 Å². The highest BCUT2D eigenvalue weighted by molar-refractivity contribution is 6.06. The summed E-state index contributed by atoms with van der Waals surface area (Å²) in [6.45, 7) is 2.96. The molecule has 1 N–H and O–H groups in total. The molecule has 2 rings (SSSR count). The van der Waals surface area contributed by atoms with E-state index in [9.17, 15) is 9.59 Å². The molecule has 3 heteroatoms. The maximum atomic E-state index is 11.7. The molecule has 0 aliphatic heterocycles. The van der Waals surface area contributed by atoms with Gasteiger partial charge in [-0.2, -0.15) is 0 Å². The molecule has 0 heterocycles. The van der Waals surface area contributed by atoms with Gasteiger partial charge in [-0.05, 0) is 11.6 Å². The van der Waals surface area contributed by atoms with Crippen LogP contribution in [0, 0.1) is 0 Å². The summed E-state index contributed by atoms with van der Waals surface area (Å²) in [5.41, 5.74) is 1.75. The van der Waals surface area contributed by atoms with Crippen molar-refractivity contribution in [2.75, 3.05) is 0 Å². The summed E-state index contributed by atoms with van der Waals surface area (Å²) >= 11 is 0. The van der Waals surface area contributed by atoms with Gasteiger partial charge >= 0.3 is 5.97 Å². The molecule has 0 atom stereocenters. The molecule has 0 radical (unpaired) electrons. The van der Waals surface area contributed by atoms with Gasteiger partial charge in [0, 0.05) is 11.6 Å². The molecule has 3 nitrogen and oxygen atoms in total. The molecule has 2 aromatic rings. The molecule has 0 aromatic heterocycles. The standard InChI is InChI=1S/C15H12O.C3H4O2/c16-15(14-9-5-2-6-10-14)12-11-13-7-3-1-4-8-13;1-2-3(4)5/h1-12H;2H,1H2,(H,4,5). The van der Waals surface area contributed by atoms with Crippen molar-refractivity contribution in [1.82, 2.24) is 0 Å². The first-order chi connectivity index (χ1) is 10.1. The molecule has 0 aliphatic rings. The Balaban J connectivity index is 0.000000383. The van der Waals surface area contributed by atoms with Crippen molar-refractivity contribution in [3.05, 3.63) is 90.5 Å². The van der Waals surface area contributed by atoms with Gasteiger partial charge in [-0.15, -0.1) is 0 Å². The highest BCUT2D eigenvalue weighted by Gasteiger charge is 1.98. The Hall–Kier alpha value is -2.94. The van der Waals surface area contributed by atoms with E-state index in [4.69, 9.17) is 5.11 Å². The van der Waals surface area contributed by atoms with E-state index in [0.717, 1.165) is 17.2 Å². The van der Waals surface area contributed by atoms with E-state index in [-0.39, 0.29) is 5.78 Å². The highest BCUT2D eigenvalue weighted by Crippen LogP contribution is 2.05. The number of benzene rings is 2. The summed E-state index contributed by atoms with van der Waals surface area (Å²) in [4.78, 5) is 21.0. The summed E-state index contributed by atoms with van der Waals surface area (Å²) in [6.07, 6.45) is 4.26. The predicted octanol–water partition coefficient (Wildman–Crippen LogP) is 3.84. The minimum Gasteiger partial charge on any atom is -0.478 e. The molecule has 21 heavy (non-hydrogen) atoms. The Morgan fingerprint density at radius 1 is 0.905 bits per heavy atom. The summed E-state index contributed by atoms with van der Waals surface area (Å²) < 4.78 is 0. The van der Waals surface area contributed by atoms with Gasteiger partial charge in [-0.25, -0.2) is 4.79 Å². The van der Waals surface area contributed by atoms with Crippen LogP contribution < -0.4 is 0 Å². The molecule has 0 fully saturated rings. The molecule has 2 aromatic carbocycles. The number of carboxylic acid groups (broad SMARTS) is 1. The fraction of sp³-hybridized carbons (Fsp3) is 0. The van der Waals surface area contributed by atoms with Crippen LogP contribution in [0.2, 0.25) is 0 Å². The van der Waals surface area contributed by atoms with Gasteiger partial charge in [0.05, 0.1) is 0 Å². The number of hydrogen-bond donors (Lipinski definition) is 1. The van der Waals surface area contributed by atoms with E-state index in [1.165, 1.54) is 0 Å². The van der Waals surface area contributed by atoms with Crippen molar-refractivity contribution in [3.63, 3.8) is 0 Å². The second kappa shape index (κ2) is 9.04. The third kappa shape index (κ3) is 6.68. The van der Waals surface area contributed by atoms with Gasteiger partial charge in [-0.3, -0.25) is 4.79 Å². The summed E-state index contributed by atoms with van der Waals surface area (Å²) in [7, 11) is 0. The number of carbonyl (C=O) groups excluding carboxylic acids is 1. The van der Waals surface area contributed by atoms with Crippen LogP contribution in [0.25, 0.3) is 6.08 Å². The average molecular weight is 280 g/mol. The van der Waals surface area contributed by atoms with Crippen molar-refractivity contribution in [3.8, 4) is 0 Å². The second-order valence-electron chi connectivity index (χ2n) is 4.02. The Bertz CT molecular complexity index is 613. The van der Waals surface area contributed by atoms with Crippen molar-refractivity contribution in [1.29, 1.82) is 0 Å². The quantitative estimate of drug-likeness (QED) is 0.684. The van der Waals surface area contributed by atoms with Gasteiger partial charge in [0.1, 0.15) is 0 Å². The summed E-state index contributed by atoms with van der Waals surface area (Å²) in [5.74, 6) is -0.950. The van der Waals surface area contributed by atoms with Crippen molar-refractivity contribution in [2.24, 2.45) is 0 Å². The lowest BCUT2D eigenvalue weighted by atomic mass is 10.1. The zero-order valence-electron chi connectivity index (χ0n) is 11.5. The molecule has 0 spiro atoms. The van der Waals surface area contributed by atoms with E-state index < -0.39 is 5.97 Å². The van der Waals surface area contributed by atoms with Crippen LogP contribution in [0.4, 0.5) is 0 Å². The lowest BCUT2D eigenvalue weighted by Gasteiger charge is -1.94. The Morgan fingerprint density at radius 2 is 1.38 bits per heavy atom. The van der Waals surface area contributed by atoms with E-state index in [2.05, 4.69) is 6.58 Å². The number of hydrogen-bond acceptors (Lipinski definition) is 2. The first-order valence-electron chi connectivity index (χ1n) is 6.31. The second-order valence-corrected chi connectivity index (χ2v) is 4.02. The zero-order valence-corrected chi connectivity index (χ0v) is 11.5. The topological polar surface area (TPSA) is 54.4 Å². The third-order valence-electron chi connectivity index (χ3n) is 2.46. The van der Waals surface area contributed by atoms with Gasteiger partial charge in [0.15, 0.2) is 5.78 Å². The maximum absolute atomic E-state index is 11.7. The van der Waals surface area contributed by atoms with Gasteiger partial charge < -0.3 is 5.11 Å². The molecule has 0 saturated heterocycles. The van der Waals surface area contributed by atoms with Crippen molar-refractivity contribution < 1.29 is 14.7 Å². The van der Waals surface area contributed by atoms with Crippen molar-refractivity contribution in [2.45, 2.75) is 0 Å². The Kier molecular flexibility index (Phi) is 6.94. The molecule has 0 saturated carbocycles. The maximum Gasteiger partial charge on any atom is 0.327 e. The van der Waals surface area contributed by atoms with Crippen LogP contribution in [-0.4, -0.2) is 16.9 Å². The SMILES string of the molecule is C=CC(=O)O.O=C(C=Cc1ccccc1)c1ccccc1. The molecule has 0 unspecified atom stereocenters. The Labute approximate surface area is 123 Å². The number of ketones is 1. The molecule has 106 valence electrons. The fourth-order valence-electron chi connectivity index (χ4n) is 1.43. The van der Waals surface area contributed by atoms with E-state index in [0.29, 0.717) is 0 Å². The lowest BCUT2D eigenvalue weighted by molar-refractivity contribution is -0.131. The molecule has 0 aliphatic carbocycles. The number of carbonyl (C=O) groups is 2. The molecular formula is C18H16O3. The first-order valence-corrected chi connectivity index (χ1v) is 6.31. The van der Waals surface area contributed by atoms with Crippen LogP contribution in [0.5, 0.6) is 0 Å². The smallest absolute Gasteiger partial charge is 0.327 e. The minimum atomic E-state index is -0.981. The minimum absolute atomic E-state index is 0.0319. The predicted molar refractivity (Wildman–Crippen MR) is 84.1 cm³/mol. The van der Waals surface area contributed by atoms with Crippen LogP contribution in [0.15, 0.2) is 79.4 Å². The molecule has 0 bridgehead atoms. The normalized spacial score (nSPS) is 9.52. The van der Waals surface area contributed by atoms with Crippen LogP contribution in [0.3, 0.4) is 0 Å². The highest BCUT2D eigenvalue weighted by atomic mass is 16.4. The van der Waals surface area contributed by atoms with E-state index in [1.54, 1.807) is 6.08 Å². The van der Waals surface area contributed by atoms with Gasteiger partial charge in [0.25, 0.3) is 0 Å². The van der Waals surface area contributed by atoms with Crippen LogP contribution in [-0.2, 0) is 4.79 Å². The fourth-order valence-corrected chi connectivity index (χ4v) is 1.43. The summed E-state index contributed by atoms with van der Waals surface area (Å²) in [6, 6.07) is 19.1. The number of rotatable bonds is 4. The third-order valence-corrected chi connectivity index (χ3v) is 2.46. The zero-order chi connectivity index (χ0) is 15.5. The molecular weight excluding hydrogens is 264 g/mol. The number of allylic oxidation sites excluding steroid dienone is 1. The van der Waals surface area contributed by atoms with Gasteiger partial charge in [-0.1, -0.05) is 73.3 Å². The Morgan fingerprint density at radius 3 is 1.86 bits per heavy atom. The van der Waals surface area contributed by atoms with Crippen LogP contribution in [0.1, 0.15) is 15.9 Å². The van der Waals surface area contributed by atoms with Gasteiger partial charge in [0.2, 0.25) is 0 Å². The lowest BCUT2D eigenvalue weighted by Crippen LogP contribution is -1.92. The first kappa shape index (κ1) is 16.1. The number of carboxylic acids is 1. The monoisotopic (exact) mass is 280 g/mol. The van der Waals surface area contributed by atoms with E-state index in [1.807, 2.05) is 66.7 Å². The van der Waals surface area contributed by atoms with E-state index >= 15 is 0 Å². The van der Waals surface area contributed by atoms with Crippen molar-refractivity contribution >= 4 is 17.8 Å².